The van der Waals surface area contributed by atoms with E-state index in [1.807, 2.05) is 54.6 Å². The maximum atomic E-state index is 5.65. The van der Waals surface area contributed by atoms with E-state index < -0.39 is 0 Å². The van der Waals surface area contributed by atoms with Crippen molar-refractivity contribution in [3.63, 3.8) is 0 Å². The van der Waals surface area contributed by atoms with Crippen molar-refractivity contribution in [3.05, 3.63) is 72.3 Å². The third kappa shape index (κ3) is 1.74. The Morgan fingerprint density at radius 1 is 0.882 bits per heavy atom. The van der Waals surface area contributed by atoms with Crippen molar-refractivity contribution in [1.82, 2.24) is 0 Å². The van der Waals surface area contributed by atoms with Gasteiger partial charge in [0.15, 0.2) is 0 Å². The zero-order valence-corrected chi connectivity index (χ0v) is 9.26. The molecule has 0 fully saturated rings. The summed E-state index contributed by atoms with van der Waals surface area (Å²) in [6.45, 7) is 3.93. The zero-order valence-electron chi connectivity index (χ0n) is 9.26. The SMILES string of the molecule is C=C1OC(c2ccccc2)=Nc2ccccc21. The zero-order chi connectivity index (χ0) is 11.7. The third-order valence-corrected chi connectivity index (χ3v) is 2.67. The van der Waals surface area contributed by atoms with E-state index in [4.69, 9.17) is 4.74 Å². The Hall–Kier alpha value is -2.35. The van der Waals surface area contributed by atoms with Gasteiger partial charge in [0.25, 0.3) is 0 Å². The van der Waals surface area contributed by atoms with Crippen LogP contribution in [0.2, 0.25) is 0 Å². The van der Waals surface area contributed by atoms with E-state index in [1.165, 1.54) is 0 Å². The number of hydrogen-bond donors (Lipinski definition) is 0. The van der Waals surface area contributed by atoms with E-state index in [-0.39, 0.29) is 0 Å². The van der Waals surface area contributed by atoms with Gasteiger partial charge >= 0.3 is 0 Å². The van der Waals surface area contributed by atoms with Crippen molar-refractivity contribution in [2.75, 3.05) is 0 Å². The topological polar surface area (TPSA) is 21.6 Å². The minimum atomic E-state index is 0.606. The van der Waals surface area contributed by atoms with Crippen LogP contribution < -0.4 is 0 Å². The van der Waals surface area contributed by atoms with E-state index >= 15 is 0 Å². The normalized spacial score (nSPS) is 13.6. The molecule has 0 spiro atoms. The van der Waals surface area contributed by atoms with E-state index in [0.29, 0.717) is 11.7 Å². The number of nitrogens with zero attached hydrogens (tertiary/aromatic N) is 1. The molecule has 1 heterocycles. The molecule has 2 heteroatoms. The van der Waals surface area contributed by atoms with Crippen LogP contribution in [-0.4, -0.2) is 5.90 Å². The minimum absolute atomic E-state index is 0.606. The monoisotopic (exact) mass is 221 g/mol. The Morgan fingerprint density at radius 2 is 1.59 bits per heavy atom. The van der Waals surface area contributed by atoms with Crippen LogP contribution in [0.25, 0.3) is 5.76 Å². The highest BCUT2D eigenvalue weighted by Gasteiger charge is 2.17. The number of para-hydroxylation sites is 1. The molecule has 0 saturated carbocycles. The van der Waals surface area contributed by atoms with Gasteiger partial charge in [-0.3, -0.25) is 0 Å². The molecule has 0 N–H and O–H groups in total. The Labute approximate surface area is 99.9 Å². The second kappa shape index (κ2) is 3.91. The molecular weight excluding hydrogens is 210 g/mol. The van der Waals surface area contributed by atoms with Gasteiger partial charge in [-0.1, -0.05) is 36.9 Å². The van der Waals surface area contributed by atoms with Crippen molar-refractivity contribution in [2.45, 2.75) is 0 Å². The fraction of sp³-hybridized carbons (Fsp3) is 0. The minimum Gasteiger partial charge on any atom is -0.438 e. The van der Waals surface area contributed by atoms with Crippen LogP contribution in [-0.2, 0) is 4.74 Å². The molecule has 1 aliphatic rings. The van der Waals surface area contributed by atoms with Crippen LogP contribution in [0.1, 0.15) is 11.1 Å². The van der Waals surface area contributed by atoms with Crippen LogP contribution >= 0.6 is 0 Å². The number of ether oxygens (including phenoxy) is 1. The summed E-state index contributed by atoms with van der Waals surface area (Å²) in [4.78, 5) is 4.50. The second-order valence-corrected chi connectivity index (χ2v) is 3.83. The molecule has 0 unspecified atom stereocenters. The molecule has 2 nitrogen and oxygen atoms in total. The molecule has 0 atom stereocenters. The summed E-state index contributed by atoms with van der Waals surface area (Å²) in [5, 5.41) is 0. The van der Waals surface area contributed by atoms with Crippen molar-refractivity contribution >= 4 is 17.3 Å². The lowest BCUT2D eigenvalue weighted by molar-refractivity contribution is 0.505. The highest BCUT2D eigenvalue weighted by Crippen LogP contribution is 2.31. The van der Waals surface area contributed by atoms with Gasteiger partial charge in [0, 0.05) is 11.1 Å². The smallest absolute Gasteiger partial charge is 0.227 e. The van der Waals surface area contributed by atoms with Gasteiger partial charge in [-0.2, -0.15) is 0 Å². The molecule has 2 aromatic rings. The molecule has 0 aromatic heterocycles. The van der Waals surface area contributed by atoms with Crippen LogP contribution in [0.3, 0.4) is 0 Å². The Kier molecular flexibility index (Phi) is 2.26. The Bertz CT molecular complexity index is 599. The van der Waals surface area contributed by atoms with Gasteiger partial charge < -0.3 is 4.74 Å². The molecule has 0 radical (unpaired) electrons. The van der Waals surface area contributed by atoms with Crippen LogP contribution in [0, 0.1) is 0 Å². The Balaban J connectivity index is 2.11. The predicted octanol–water partition coefficient (Wildman–Crippen LogP) is 3.77. The van der Waals surface area contributed by atoms with Crippen molar-refractivity contribution in [3.8, 4) is 0 Å². The van der Waals surface area contributed by atoms with Crippen LogP contribution in [0.15, 0.2) is 66.2 Å². The van der Waals surface area contributed by atoms with E-state index in [0.717, 1.165) is 16.8 Å². The first-order valence-corrected chi connectivity index (χ1v) is 5.45. The van der Waals surface area contributed by atoms with Gasteiger partial charge in [-0.05, 0) is 24.3 Å². The van der Waals surface area contributed by atoms with Gasteiger partial charge in [0.2, 0.25) is 5.90 Å². The van der Waals surface area contributed by atoms with Crippen LogP contribution in [0.5, 0.6) is 0 Å². The molecular formula is C15H11NO. The standard InChI is InChI=1S/C15H11NO/c1-11-13-9-5-6-10-14(13)16-15(17-11)12-7-3-2-4-8-12/h2-10H,1H2. The van der Waals surface area contributed by atoms with Crippen molar-refractivity contribution in [2.24, 2.45) is 4.99 Å². The van der Waals surface area contributed by atoms with Gasteiger partial charge in [-0.25, -0.2) is 4.99 Å². The van der Waals surface area contributed by atoms with Crippen molar-refractivity contribution in [1.29, 1.82) is 0 Å². The molecule has 0 saturated heterocycles. The molecule has 0 bridgehead atoms. The average molecular weight is 221 g/mol. The summed E-state index contributed by atoms with van der Waals surface area (Å²) in [7, 11) is 0. The van der Waals surface area contributed by atoms with E-state index in [1.54, 1.807) is 0 Å². The molecule has 82 valence electrons. The summed E-state index contributed by atoms with van der Waals surface area (Å²) in [6, 6.07) is 17.7. The first-order valence-electron chi connectivity index (χ1n) is 5.45. The number of aliphatic imine (C=N–C) groups is 1. The molecule has 0 amide bonds. The molecule has 2 aromatic carbocycles. The predicted molar refractivity (Wildman–Crippen MR) is 69.2 cm³/mol. The quantitative estimate of drug-likeness (QED) is 0.718. The van der Waals surface area contributed by atoms with E-state index in [9.17, 15) is 0 Å². The van der Waals surface area contributed by atoms with Crippen molar-refractivity contribution < 1.29 is 4.74 Å². The lowest BCUT2D eigenvalue weighted by atomic mass is 10.1. The average Bonchev–Trinajstić information content (AvgIpc) is 2.40. The summed E-state index contributed by atoms with van der Waals surface area (Å²) in [5.74, 6) is 1.25. The summed E-state index contributed by atoms with van der Waals surface area (Å²) in [5.41, 5.74) is 2.82. The number of rotatable bonds is 1. The highest BCUT2D eigenvalue weighted by molar-refractivity contribution is 6.01. The number of hydrogen-bond acceptors (Lipinski definition) is 2. The fourth-order valence-electron chi connectivity index (χ4n) is 1.82. The molecule has 3 rings (SSSR count). The number of benzene rings is 2. The summed E-state index contributed by atoms with van der Waals surface area (Å²) < 4.78 is 5.65. The number of fused-ring (bicyclic) bond motifs is 1. The summed E-state index contributed by atoms with van der Waals surface area (Å²) in [6.07, 6.45) is 0. The van der Waals surface area contributed by atoms with Gasteiger partial charge in [-0.15, -0.1) is 0 Å². The maximum absolute atomic E-state index is 5.65. The van der Waals surface area contributed by atoms with Gasteiger partial charge in [0.05, 0.1) is 5.69 Å². The first-order chi connectivity index (χ1) is 8.34. The first kappa shape index (κ1) is 9.85. The largest absolute Gasteiger partial charge is 0.438 e. The maximum Gasteiger partial charge on any atom is 0.227 e. The summed E-state index contributed by atoms with van der Waals surface area (Å²) >= 11 is 0. The Morgan fingerprint density at radius 3 is 2.41 bits per heavy atom. The molecule has 1 aliphatic heterocycles. The third-order valence-electron chi connectivity index (χ3n) is 2.67. The van der Waals surface area contributed by atoms with Crippen LogP contribution in [0.4, 0.5) is 5.69 Å². The molecule has 0 aliphatic carbocycles. The van der Waals surface area contributed by atoms with Gasteiger partial charge in [0.1, 0.15) is 5.76 Å². The van der Waals surface area contributed by atoms with E-state index in [2.05, 4.69) is 11.6 Å². The second-order valence-electron chi connectivity index (χ2n) is 3.83. The fourth-order valence-corrected chi connectivity index (χ4v) is 1.82. The lowest BCUT2D eigenvalue weighted by Crippen LogP contribution is -2.09. The molecule has 17 heavy (non-hydrogen) atoms. The lowest BCUT2D eigenvalue weighted by Gasteiger charge is -2.18. The highest BCUT2D eigenvalue weighted by atomic mass is 16.5.